The van der Waals surface area contributed by atoms with Gasteiger partial charge in [0.2, 0.25) is 5.91 Å². The standard InChI is InChI=1S/C15H9ClN4O7/c16-10-3-1-8(5-11(10)20(25)26)17-14(21)7-18-12-6-9(19(23)24)2-4-13(12)27-15(18)22/h1-6H,7H2,(H,17,21). The van der Waals surface area contributed by atoms with E-state index in [-0.39, 0.29) is 27.5 Å². The molecule has 0 aliphatic rings. The van der Waals surface area contributed by atoms with Crippen LogP contribution in [0.15, 0.2) is 45.6 Å². The molecule has 3 rings (SSSR count). The number of carbonyl (C=O) groups is 1. The smallest absolute Gasteiger partial charge is 0.408 e. The molecule has 1 aromatic heterocycles. The summed E-state index contributed by atoms with van der Waals surface area (Å²) in [5.74, 6) is -1.56. The van der Waals surface area contributed by atoms with Gasteiger partial charge in [-0.3, -0.25) is 29.6 Å². The summed E-state index contributed by atoms with van der Waals surface area (Å²) in [4.78, 5) is 44.6. The largest absolute Gasteiger partial charge is 0.420 e. The van der Waals surface area contributed by atoms with E-state index in [4.69, 9.17) is 16.0 Å². The lowest BCUT2D eigenvalue weighted by atomic mass is 10.2. The normalized spacial score (nSPS) is 10.7. The quantitative estimate of drug-likeness (QED) is 0.517. The third-order valence-electron chi connectivity index (χ3n) is 3.59. The Bertz CT molecular complexity index is 1150. The molecule has 3 aromatic rings. The average Bonchev–Trinajstić information content (AvgIpc) is 2.91. The number of fused-ring (bicyclic) bond motifs is 1. The molecular weight excluding hydrogens is 384 g/mol. The molecule has 0 aliphatic heterocycles. The van der Waals surface area contributed by atoms with Crippen LogP contribution in [0.2, 0.25) is 5.02 Å². The molecule has 1 heterocycles. The summed E-state index contributed by atoms with van der Waals surface area (Å²) in [7, 11) is 0. The van der Waals surface area contributed by atoms with Crippen LogP contribution in [-0.2, 0) is 11.3 Å². The minimum absolute atomic E-state index is 0.0754. The van der Waals surface area contributed by atoms with Crippen molar-refractivity contribution >= 4 is 45.7 Å². The second-order valence-electron chi connectivity index (χ2n) is 5.33. The van der Waals surface area contributed by atoms with Crippen molar-refractivity contribution in [3.8, 4) is 0 Å². The highest BCUT2D eigenvalue weighted by atomic mass is 35.5. The molecule has 0 aliphatic carbocycles. The van der Waals surface area contributed by atoms with Crippen molar-refractivity contribution < 1.29 is 19.1 Å². The first-order valence-corrected chi connectivity index (χ1v) is 7.65. The fourth-order valence-corrected chi connectivity index (χ4v) is 2.57. The van der Waals surface area contributed by atoms with Crippen molar-refractivity contribution in [2.75, 3.05) is 5.32 Å². The summed E-state index contributed by atoms with van der Waals surface area (Å²) in [6.07, 6.45) is 0. The van der Waals surface area contributed by atoms with Gasteiger partial charge in [0.25, 0.3) is 11.4 Å². The van der Waals surface area contributed by atoms with E-state index in [0.29, 0.717) is 0 Å². The van der Waals surface area contributed by atoms with E-state index in [0.717, 1.165) is 16.7 Å². The lowest BCUT2D eigenvalue weighted by molar-refractivity contribution is -0.384. The minimum Gasteiger partial charge on any atom is -0.408 e. The molecule has 11 nitrogen and oxygen atoms in total. The van der Waals surface area contributed by atoms with Crippen molar-refractivity contribution in [3.63, 3.8) is 0 Å². The maximum atomic E-state index is 12.2. The molecule has 0 saturated carbocycles. The lowest BCUT2D eigenvalue weighted by Gasteiger charge is -2.06. The fourth-order valence-electron chi connectivity index (χ4n) is 2.39. The van der Waals surface area contributed by atoms with Crippen LogP contribution in [0.5, 0.6) is 0 Å². The molecule has 12 heteroatoms. The molecule has 0 unspecified atom stereocenters. The van der Waals surface area contributed by atoms with Gasteiger partial charge in [-0.1, -0.05) is 11.6 Å². The zero-order valence-corrected chi connectivity index (χ0v) is 14.0. The van der Waals surface area contributed by atoms with Crippen LogP contribution in [-0.4, -0.2) is 20.3 Å². The Hall–Kier alpha value is -3.73. The molecule has 27 heavy (non-hydrogen) atoms. The van der Waals surface area contributed by atoms with E-state index >= 15 is 0 Å². The van der Waals surface area contributed by atoms with Gasteiger partial charge in [-0.05, 0) is 18.2 Å². The summed E-state index contributed by atoms with van der Waals surface area (Å²) in [5, 5.41) is 24.1. The van der Waals surface area contributed by atoms with Gasteiger partial charge in [0.15, 0.2) is 5.58 Å². The van der Waals surface area contributed by atoms with Gasteiger partial charge in [0.1, 0.15) is 11.6 Å². The number of aromatic nitrogens is 1. The molecule has 0 atom stereocenters. The Labute approximate surface area is 154 Å². The van der Waals surface area contributed by atoms with E-state index in [1.165, 1.54) is 24.3 Å². The van der Waals surface area contributed by atoms with Gasteiger partial charge < -0.3 is 9.73 Å². The second kappa shape index (κ2) is 6.88. The van der Waals surface area contributed by atoms with Gasteiger partial charge in [-0.25, -0.2) is 4.79 Å². The van der Waals surface area contributed by atoms with Gasteiger partial charge in [-0.2, -0.15) is 0 Å². The first-order chi connectivity index (χ1) is 12.8. The minimum atomic E-state index is -0.872. The van der Waals surface area contributed by atoms with E-state index in [9.17, 15) is 29.8 Å². The van der Waals surface area contributed by atoms with Crippen molar-refractivity contribution in [3.05, 3.63) is 72.2 Å². The number of non-ortho nitro benzene ring substituents is 1. The van der Waals surface area contributed by atoms with Crippen LogP contribution in [0, 0.1) is 20.2 Å². The second-order valence-corrected chi connectivity index (χ2v) is 5.74. The molecule has 0 fully saturated rings. The highest BCUT2D eigenvalue weighted by molar-refractivity contribution is 6.32. The maximum absolute atomic E-state index is 12.2. The molecule has 2 aromatic carbocycles. The van der Waals surface area contributed by atoms with Crippen molar-refractivity contribution in [2.45, 2.75) is 6.54 Å². The molecule has 0 saturated heterocycles. The van der Waals surface area contributed by atoms with Crippen molar-refractivity contribution in [1.82, 2.24) is 4.57 Å². The number of hydrogen-bond acceptors (Lipinski definition) is 7. The van der Waals surface area contributed by atoms with Crippen LogP contribution >= 0.6 is 11.6 Å². The third-order valence-corrected chi connectivity index (χ3v) is 3.91. The number of benzene rings is 2. The topological polar surface area (TPSA) is 151 Å². The van der Waals surface area contributed by atoms with Gasteiger partial charge in [0, 0.05) is 23.9 Å². The number of nitro groups is 2. The first-order valence-electron chi connectivity index (χ1n) is 7.28. The molecule has 1 N–H and O–H groups in total. The number of nitro benzene ring substituents is 2. The van der Waals surface area contributed by atoms with E-state index < -0.39 is 33.7 Å². The number of nitrogens with one attached hydrogen (secondary N) is 1. The molecular formula is C15H9ClN4O7. The number of oxazole rings is 1. The summed E-state index contributed by atoms with van der Waals surface area (Å²) >= 11 is 5.70. The van der Waals surface area contributed by atoms with Gasteiger partial charge >= 0.3 is 5.76 Å². The fraction of sp³-hybridized carbons (Fsp3) is 0.0667. The predicted octanol–water partition coefficient (Wildman–Crippen LogP) is 2.70. The predicted molar refractivity (Wildman–Crippen MR) is 93.9 cm³/mol. The zero-order valence-electron chi connectivity index (χ0n) is 13.2. The number of amides is 1. The Morgan fingerprint density at radius 2 is 1.89 bits per heavy atom. The molecule has 1 amide bonds. The number of rotatable bonds is 5. The van der Waals surface area contributed by atoms with Crippen molar-refractivity contribution in [1.29, 1.82) is 0 Å². The average molecular weight is 393 g/mol. The number of anilines is 1. The number of halogens is 1. The highest BCUT2D eigenvalue weighted by Crippen LogP contribution is 2.27. The SMILES string of the molecule is O=C(Cn1c(=O)oc2ccc([N+](=O)[O-])cc21)Nc1ccc(Cl)c([N+](=O)[O-])c1. The first kappa shape index (κ1) is 18.1. The van der Waals surface area contributed by atoms with Crippen LogP contribution in [0.1, 0.15) is 0 Å². The molecule has 0 radical (unpaired) electrons. The van der Waals surface area contributed by atoms with E-state index in [1.54, 1.807) is 0 Å². The Kier molecular flexibility index (Phi) is 4.60. The molecule has 0 spiro atoms. The summed E-state index contributed by atoms with van der Waals surface area (Å²) < 4.78 is 5.87. The number of nitrogens with zero attached hydrogens (tertiary/aromatic N) is 3. The summed E-state index contributed by atoms with van der Waals surface area (Å²) in [6.45, 7) is -0.510. The van der Waals surface area contributed by atoms with Crippen LogP contribution in [0.25, 0.3) is 11.1 Å². The Morgan fingerprint density at radius 1 is 1.15 bits per heavy atom. The molecule has 138 valence electrons. The number of hydrogen-bond donors (Lipinski definition) is 1. The zero-order chi connectivity index (χ0) is 19.7. The Balaban J connectivity index is 1.88. The third kappa shape index (κ3) is 3.62. The summed E-state index contributed by atoms with van der Waals surface area (Å²) in [6, 6.07) is 7.21. The maximum Gasteiger partial charge on any atom is 0.420 e. The van der Waals surface area contributed by atoms with Crippen LogP contribution in [0.3, 0.4) is 0 Å². The van der Waals surface area contributed by atoms with Gasteiger partial charge in [-0.15, -0.1) is 0 Å². The molecule has 0 bridgehead atoms. The monoisotopic (exact) mass is 392 g/mol. The van der Waals surface area contributed by atoms with Crippen LogP contribution in [0.4, 0.5) is 17.1 Å². The van der Waals surface area contributed by atoms with Crippen molar-refractivity contribution in [2.24, 2.45) is 0 Å². The number of carbonyl (C=O) groups excluding carboxylic acids is 1. The van der Waals surface area contributed by atoms with Crippen LogP contribution < -0.4 is 11.1 Å². The van der Waals surface area contributed by atoms with E-state index in [1.807, 2.05) is 0 Å². The lowest BCUT2D eigenvalue weighted by Crippen LogP contribution is -2.24. The highest BCUT2D eigenvalue weighted by Gasteiger charge is 2.18. The van der Waals surface area contributed by atoms with E-state index in [2.05, 4.69) is 5.32 Å². The summed E-state index contributed by atoms with van der Waals surface area (Å²) in [5.41, 5.74) is -0.406. The Morgan fingerprint density at radius 3 is 2.56 bits per heavy atom. The van der Waals surface area contributed by atoms with Gasteiger partial charge in [0.05, 0.1) is 15.4 Å².